The highest BCUT2D eigenvalue weighted by Gasteiger charge is 2.43. The van der Waals surface area contributed by atoms with Crippen LogP contribution in [0.3, 0.4) is 0 Å². The van der Waals surface area contributed by atoms with Crippen LogP contribution in [0.1, 0.15) is 69.8 Å². The number of rotatable bonds is 9. The first-order valence-corrected chi connectivity index (χ1v) is 15.4. The van der Waals surface area contributed by atoms with Crippen molar-refractivity contribution in [3.8, 4) is 0 Å². The van der Waals surface area contributed by atoms with Gasteiger partial charge in [-0.25, -0.2) is 19.8 Å². The molecule has 5 amide bonds. The highest BCUT2D eigenvalue weighted by molar-refractivity contribution is 5.98. The summed E-state index contributed by atoms with van der Waals surface area (Å²) < 4.78 is 0. The number of urea groups is 1. The number of para-hydroxylation sites is 1. The molecule has 1 aliphatic heterocycles. The SMILES string of the molecule is C[C@H](NC(=O)[C@@H](NC(=O)c1cnccn1)C1CCCCC1)C(C)(C)C(=O)N(C)N(C(=O)N1CCC(C(=O)O)C1)c1ccccc1. The van der Waals surface area contributed by atoms with Crippen LogP contribution in [-0.4, -0.2) is 86.9 Å². The van der Waals surface area contributed by atoms with Crippen molar-refractivity contribution < 1.29 is 29.1 Å². The Morgan fingerprint density at radius 3 is 2.29 bits per heavy atom. The van der Waals surface area contributed by atoms with Crippen LogP contribution in [0.4, 0.5) is 10.5 Å². The van der Waals surface area contributed by atoms with Crippen LogP contribution in [-0.2, 0) is 14.4 Å². The molecule has 1 aromatic carbocycles. The van der Waals surface area contributed by atoms with Crippen LogP contribution in [0.15, 0.2) is 48.9 Å². The number of hydrogen-bond acceptors (Lipinski definition) is 7. The van der Waals surface area contributed by atoms with Crippen molar-refractivity contribution in [1.29, 1.82) is 0 Å². The van der Waals surface area contributed by atoms with Crippen LogP contribution in [0.2, 0.25) is 0 Å². The van der Waals surface area contributed by atoms with Gasteiger partial charge in [-0.05, 0) is 58.1 Å². The molecule has 242 valence electrons. The number of nitrogens with one attached hydrogen (secondary N) is 2. The molecule has 1 saturated heterocycles. The zero-order valence-electron chi connectivity index (χ0n) is 26.3. The zero-order chi connectivity index (χ0) is 32.7. The minimum Gasteiger partial charge on any atom is -0.481 e. The molecule has 13 heteroatoms. The Morgan fingerprint density at radius 1 is 1.00 bits per heavy atom. The van der Waals surface area contributed by atoms with Gasteiger partial charge in [0.05, 0.1) is 23.2 Å². The molecule has 1 unspecified atom stereocenters. The summed E-state index contributed by atoms with van der Waals surface area (Å²) >= 11 is 0. The summed E-state index contributed by atoms with van der Waals surface area (Å²) in [4.78, 5) is 75.6. The Morgan fingerprint density at radius 2 is 1.69 bits per heavy atom. The first-order chi connectivity index (χ1) is 21.4. The number of carboxylic acid groups (broad SMARTS) is 1. The minimum atomic E-state index is -1.20. The maximum Gasteiger partial charge on any atom is 0.343 e. The van der Waals surface area contributed by atoms with E-state index in [4.69, 9.17) is 0 Å². The number of carbonyl (C=O) groups excluding carboxylic acids is 4. The van der Waals surface area contributed by atoms with Crippen molar-refractivity contribution in [2.45, 2.75) is 71.4 Å². The number of carbonyl (C=O) groups is 5. The van der Waals surface area contributed by atoms with Crippen molar-refractivity contribution in [3.05, 3.63) is 54.6 Å². The van der Waals surface area contributed by atoms with Crippen molar-refractivity contribution in [2.24, 2.45) is 17.3 Å². The number of benzene rings is 1. The number of nitrogens with zero attached hydrogens (tertiary/aromatic N) is 5. The monoisotopic (exact) mass is 621 g/mol. The van der Waals surface area contributed by atoms with Crippen LogP contribution >= 0.6 is 0 Å². The molecule has 13 nitrogen and oxygen atoms in total. The van der Waals surface area contributed by atoms with Gasteiger partial charge < -0.3 is 20.6 Å². The molecule has 2 aromatic rings. The predicted molar refractivity (Wildman–Crippen MR) is 166 cm³/mol. The second kappa shape index (κ2) is 14.5. The summed E-state index contributed by atoms with van der Waals surface area (Å²) in [6.45, 7) is 5.39. The van der Waals surface area contributed by atoms with E-state index in [0.29, 0.717) is 12.1 Å². The topological polar surface area (TPSA) is 165 Å². The van der Waals surface area contributed by atoms with E-state index in [1.807, 2.05) is 0 Å². The van der Waals surface area contributed by atoms with Crippen molar-refractivity contribution >= 4 is 35.4 Å². The van der Waals surface area contributed by atoms with E-state index in [-0.39, 0.29) is 24.7 Å². The zero-order valence-corrected chi connectivity index (χ0v) is 26.3. The lowest BCUT2D eigenvalue weighted by molar-refractivity contribution is -0.142. The number of amides is 5. The molecular weight excluding hydrogens is 578 g/mol. The van der Waals surface area contributed by atoms with Gasteiger partial charge in [0.15, 0.2) is 0 Å². The maximum absolute atomic E-state index is 14.1. The van der Waals surface area contributed by atoms with Crippen LogP contribution in [0, 0.1) is 17.3 Å². The molecule has 1 aliphatic carbocycles. The number of hydrogen-bond donors (Lipinski definition) is 3. The number of aliphatic carboxylic acids is 1. The fourth-order valence-corrected chi connectivity index (χ4v) is 5.92. The Balaban J connectivity index is 1.52. The Labute approximate surface area is 263 Å². The third kappa shape index (κ3) is 7.76. The van der Waals surface area contributed by atoms with Gasteiger partial charge in [0, 0.05) is 38.6 Å². The standard InChI is InChI=1S/C32H43N7O6/c1-21(35-28(41)26(22-11-7-5-8-12-22)36-27(40)25-19-33-16-17-34-25)32(2,3)30(44)37(4)39(24-13-9-6-10-14-24)31(45)38-18-15-23(20-38)29(42)43/h6,9-10,13-14,16-17,19,21-23,26H,5,7-8,11-12,15,18,20H2,1-4H3,(H,35,41)(H,36,40)(H,42,43)/t21-,23?,26-/m0/s1. The normalized spacial score (nSPS) is 18.4. The molecule has 2 aliphatic rings. The third-order valence-electron chi connectivity index (χ3n) is 9.06. The predicted octanol–water partition coefficient (Wildman–Crippen LogP) is 3.09. The molecule has 2 fully saturated rings. The Hall–Kier alpha value is -4.55. The molecule has 0 radical (unpaired) electrons. The van der Waals surface area contributed by atoms with Crippen molar-refractivity contribution in [3.63, 3.8) is 0 Å². The fourth-order valence-electron chi connectivity index (χ4n) is 5.92. The Kier molecular flexibility index (Phi) is 10.7. The molecular formula is C32H43N7O6. The average Bonchev–Trinajstić information content (AvgIpc) is 3.55. The van der Waals surface area contributed by atoms with E-state index >= 15 is 0 Å². The van der Waals surface area contributed by atoms with E-state index in [1.54, 1.807) is 51.1 Å². The van der Waals surface area contributed by atoms with Crippen LogP contribution in [0.25, 0.3) is 0 Å². The summed E-state index contributed by atoms with van der Waals surface area (Å²) in [6, 6.07) is 6.62. The van der Waals surface area contributed by atoms with Crippen LogP contribution in [0.5, 0.6) is 0 Å². The van der Waals surface area contributed by atoms with Crippen LogP contribution < -0.4 is 15.6 Å². The molecule has 3 atom stereocenters. The van der Waals surface area contributed by atoms with E-state index in [0.717, 1.165) is 32.1 Å². The smallest absolute Gasteiger partial charge is 0.343 e. The highest BCUT2D eigenvalue weighted by Crippen LogP contribution is 2.30. The number of likely N-dealkylation sites (tertiary alicyclic amines) is 1. The molecule has 3 N–H and O–H groups in total. The summed E-state index contributed by atoms with van der Waals surface area (Å²) in [5.74, 6) is -3.06. The minimum absolute atomic E-state index is 0.0399. The lowest BCUT2D eigenvalue weighted by atomic mass is 9.81. The quantitative estimate of drug-likeness (QED) is 0.360. The maximum atomic E-state index is 14.1. The first-order valence-electron chi connectivity index (χ1n) is 15.4. The number of carboxylic acids is 1. The summed E-state index contributed by atoms with van der Waals surface area (Å²) in [7, 11) is 1.49. The lowest BCUT2D eigenvalue weighted by Gasteiger charge is -2.41. The lowest BCUT2D eigenvalue weighted by Crippen LogP contribution is -2.61. The number of hydrazine groups is 1. The van der Waals surface area contributed by atoms with Gasteiger partial charge in [-0.15, -0.1) is 0 Å². The highest BCUT2D eigenvalue weighted by atomic mass is 16.4. The van der Waals surface area contributed by atoms with Gasteiger partial charge >= 0.3 is 12.0 Å². The van der Waals surface area contributed by atoms with Gasteiger partial charge in [-0.2, -0.15) is 0 Å². The summed E-state index contributed by atoms with van der Waals surface area (Å²) in [6.07, 6.45) is 9.08. The number of anilines is 1. The average molecular weight is 622 g/mol. The largest absolute Gasteiger partial charge is 0.481 e. The molecule has 45 heavy (non-hydrogen) atoms. The Bertz CT molecular complexity index is 1370. The summed E-state index contributed by atoms with van der Waals surface area (Å²) in [5, 5.41) is 17.8. The van der Waals surface area contributed by atoms with Gasteiger partial charge in [-0.1, -0.05) is 37.5 Å². The molecule has 0 bridgehead atoms. The van der Waals surface area contributed by atoms with Crippen molar-refractivity contribution in [2.75, 3.05) is 25.1 Å². The van der Waals surface area contributed by atoms with E-state index < -0.39 is 53.1 Å². The fraction of sp³-hybridized carbons (Fsp3) is 0.531. The molecule has 1 saturated carbocycles. The molecule has 2 heterocycles. The van der Waals surface area contributed by atoms with Gasteiger partial charge in [0.2, 0.25) is 11.8 Å². The van der Waals surface area contributed by atoms with E-state index in [2.05, 4.69) is 20.6 Å². The molecule has 1 aromatic heterocycles. The second-order valence-electron chi connectivity index (χ2n) is 12.4. The number of aromatic nitrogens is 2. The molecule has 4 rings (SSSR count). The van der Waals surface area contributed by atoms with E-state index in [1.165, 1.54) is 40.6 Å². The van der Waals surface area contributed by atoms with Gasteiger partial charge in [-0.3, -0.25) is 24.2 Å². The second-order valence-corrected chi connectivity index (χ2v) is 12.4. The van der Waals surface area contributed by atoms with Gasteiger partial charge in [0.1, 0.15) is 11.7 Å². The molecule has 0 spiro atoms. The van der Waals surface area contributed by atoms with Crippen molar-refractivity contribution in [1.82, 2.24) is 30.5 Å². The first kappa shape index (κ1) is 33.3. The summed E-state index contributed by atoms with van der Waals surface area (Å²) in [5.41, 5.74) is -0.651. The third-order valence-corrected chi connectivity index (χ3v) is 9.06. The van der Waals surface area contributed by atoms with E-state index in [9.17, 15) is 29.1 Å². The van der Waals surface area contributed by atoms with Gasteiger partial charge in [0.25, 0.3) is 5.91 Å².